The van der Waals surface area contributed by atoms with Gasteiger partial charge in [0, 0.05) is 18.2 Å². The van der Waals surface area contributed by atoms with Crippen LogP contribution in [0, 0.1) is 5.41 Å². The molecule has 0 aromatic heterocycles. The zero-order valence-electron chi connectivity index (χ0n) is 12.2. The van der Waals surface area contributed by atoms with E-state index in [1.165, 1.54) is 40.2 Å². The average molecular weight is 292 g/mol. The summed E-state index contributed by atoms with van der Waals surface area (Å²) in [6.45, 7) is 2.92. The van der Waals surface area contributed by atoms with Crippen LogP contribution in [0.25, 0.3) is 0 Å². The number of nitrogens with zero attached hydrogens (tertiary/aromatic N) is 1. The Bertz CT molecular complexity index is 602. The summed E-state index contributed by atoms with van der Waals surface area (Å²) >= 11 is 0. The number of ether oxygens (including phenoxy) is 2. The average Bonchev–Trinajstić information content (AvgIpc) is 2.45. The lowest BCUT2D eigenvalue weighted by atomic mass is 9.88. The molecule has 0 unspecified atom stereocenters. The fourth-order valence-corrected chi connectivity index (χ4v) is 1.93. The van der Waals surface area contributed by atoms with Crippen LogP contribution in [0.4, 0.5) is 10.5 Å². The van der Waals surface area contributed by atoms with E-state index in [0.717, 1.165) is 4.90 Å². The fraction of sp³-hybridized carbons (Fsp3) is 0.357. The molecule has 1 heterocycles. The van der Waals surface area contributed by atoms with Crippen LogP contribution < -0.4 is 19.7 Å². The Morgan fingerprint density at radius 2 is 1.52 bits per heavy atom. The number of rotatable bonds is 3. The summed E-state index contributed by atoms with van der Waals surface area (Å²) in [4.78, 5) is 37.1. The van der Waals surface area contributed by atoms with E-state index in [-0.39, 0.29) is 5.69 Å². The number of urea groups is 1. The van der Waals surface area contributed by atoms with Crippen molar-refractivity contribution in [2.75, 3.05) is 19.1 Å². The lowest BCUT2D eigenvalue weighted by Crippen LogP contribution is -2.62. The Kier molecular flexibility index (Phi) is 3.59. The summed E-state index contributed by atoms with van der Waals surface area (Å²) < 4.78 is 10.2. The van der Waals surface area contributed by atoms with Gasteiger partial charge in [-0.2, -0.15) is 0 Å². The second-order valence-corrected chi connectivity index (χ2v) is 5.10. The largest absolute Gasteiger partial charge is 0.497 e. The number of anilines is 1. The molecule has 1 aromatic rings. The molecule has 21 heavy (non-hydrogen) atoms. The number of imide groups is 2. The third-order valence-corrected chi connectivity index (χ3v) is 3.32. The number of nitrogens with one attached hydrogen (secondary N) is 1. The van der Waals surface area contributed by atoms with Gasteiger partial charge in [0.2, 0.25) is 11.8 Å². The van der Waals surface area contributed by atoms with Crippen molar-refractivity contribution < 1.29 is 23.9 Å². The summed E-state index contributed by atoms with van der Waals surface area (Å²) in [5, 5.41) is 2.17. The van der Waals surface area contributed by atoms with Crippen molar-refractivity contribution in [3.63, 3.8) is 0 Å². The molecule has 0 aliphatic carbocycles. The van der Waals surface area contributed by atoms with E-state index in [4.69, 9.17) is 9.47 Å². The summed E-state index contributed by atoms with van der Waals surface area (Å²) in [7, 11) is 2.92. The van der Waals surface area contributed by atoms with Crippen molar-refractivity contribution in [2.24, 2.45) is 5.41 Å². The first-order chi connectivity index (χ1) is 9.81. The highest BCUT2D eigenvalue weighted by Crippen LogP contribution is 2.33. The molecule has 0 bridgehead atoms. The number of benzene rings is 1. The summed E-state index contributed by atoms with van der Waals surface area (Å²) in [6, 6.07) is 3.86. The number of methoxy groups -OCH3 is 2. The summed E-state index contributed by atoms with van der Waals surface area (Å²) in [6.07, 6.45) is 0. The second kappa shape index (κ2) is 5.08. The minimum absolute atomic E-state index is 0.272. The molecule has 112 valence electrons. The molecule has 1 aliphatic rings. The first-order valence-corrected chi connectivity index (χ1v) is 6.24. The number of carbonyl (C=O) groups is 3. The van der Waals surface area contributed by atoms with Crippen molar-refractivity contribution in [1.82, 2.24) is 5.32 Å². The number of carbonyl (C=O) groups excluding carboxylic acids is 3. The Labute approximate surface area is 121 Å². The van der Waals surface area contributed by atoms with E-state index >= 15 is 0 Å². The maximum atomic E-state index is 12.4. The summed E-state index contributed by atoms with van der Waals surface area (Å²) in [5.74, 6) is -0.366. The van der Waals surface area contributed by atoms with Crippen molar-refractivity contribution in [3.8, 4) is 11.5 Å². The van der Waals surface area contributed by atoms with Crippen LogP contribution in [0.1, 0.15) is 13.8 Å². The van der Waals surface area contributed by atoms with Gasteiger partial charge < -0.3 is 9.47 Å². The maximum Gasteiger partial charge on any atom is 0.335 e. The lowest BCUT2D eigenvalue weighted by Gasteiger charge is -2.34. The SMILES string of the molecule is COc1cc(OC)cc(N2C(=O)NC(=O)C(C)(C)C2=O)c1. The Balaban J connectivity index is 2.52. The lowest BCUT2D eigenvalue weighted by molar-refractivity contribution is -0.140. The normalized spacial score (nSPS) is 17.5. The monoisotopic (exact) mass is 292 g/mol. The van der Waals surface area contributed by atoms with Crippen LogP contribution in [-0.4, -0.2) is 32.1 Å². The van der Waals surface area contributed by atoms with Crippen LogP contribution in [-0.2, 0) is 9.59 Å². The van der Waals surface area contributed by atoms with Crippen molar-refractivity contribution >= 4 is 23.5 Å². The first-order valence-electron chi connectivity index (χ1n) is 6.24. The Morgan fingerprint density at radius 1 is 1.00 bits per heavy atom. The van der Waals surface area contributed by atoms with E-state index in [0.29, 0.717) is 11.5 Å². The van der Waals surface area contributed by atoms with Gasteiger partial charge in [-0.3, -0.25) is 14.9 Å². The number of amides is 4. The molecule has 0 saturated carbocycles. The van der Waals surface area contributed by atoms with Gasteiger partial charge in [-0.15, -0.1) is 0 Å². The molecule has 1 N–H and O–H groups in total. The highest BCUT2D eigenvalue weighted by molar-refractivity contribution is 6.29. The van der Waals surface area contributed by atoms with Crippen LogP contribution in [0.5, 0.6) is 11.5 Å². The number of hydrogen-bond donors (Lipinski definition) is 1. The predicted molar refractivity (Wildman–Crippen MR) is 74.4 cm³/mol. The summed E-state index contributed by atoms with van der Waals surface area (Å²) in [5.41, 5.74) is -1.06. The number of hydrogen-bond acceptors (Lipinski definition) is 5. The van der Waals surface area contributed by atoms with Gasteiger partial charge in [0.1, 0.15) is 16.9 Å². The molecular formula is C14H16N2O5. The minimum Gasteiger partial charge on any atom is -0.497 e. The van der Waals surface area contributed by atoms with Crippen LogP contribution in [0.2, 0.25) is 0 Å². The second-order valence-electron chi connectivity index (χ2n) is 5.10. The quantitative estimate of drug-likeness (QED) is 0.849. The molecule has 0 radical (unpaired) electrons. The highest BCUT2D eigenvalue weighted by atomic mass is 16.5. The van der Waals surface area contributed by atoms with Crippen molar-refractivity contribution in [3.05, 3.63) is 18.2 Å². The van der Waals surface area contributed by atoms with Gasteiger partial charge in [0.15, 0.2) is 0 Å². The Hall–Kier alpha value is -2.57. The molecule has 4 amide bonds. The third kappa shape index (κ3) is 2.42. The topological polar surface area (TPSA) is 84.9 Å². The molecule has 0 spiro atoms. The zero-order chi connectivity index (χ0) is 15.8. The van der Waals surface area contributed by atoms with E-state index < -0.39 is 23.3 Å². The van der Waals surface area contributed by atoms with Crippen LogP contribution >= 0.6 is 0 Å². The fourth-order valence-electron chi connectivity index (χ4n) is 1.93. The molecule has 1 aromatic carbocycles. The van der Waals surface area contributed by atoms with E-state index in [1.807, 2.05) is 0 Å². The van der Waals surface area contributed by atoms with Gasteiger partial charge in [0.25, 0.3) is 0 Å². The van der Waals surface area contributed by atoms with Crippen molar-refractivity contribution in [1.29, 1.82) is 0 Å². The van der Waals surface area contributed by atoms with E-state index in [9.17, 15) is 14.4 Å². The van der Waals surface area contributed by atoms with Gasteiger partial charge in [0.05, 0.1) is 19.9 Å². The van der Waals surface area contributed by atoms with Gasteiger partial charge in [-0.25, -0.2) is 9.69 Å². The standard InChI is InChI=1S/C14H16N2O5/c1-14(2)11(17)15-13(19)16(12(14)18)8-5-9(20-3)7-10(6-8)21-4/h5-7H,1-4H3,(H,15,17,19). The van der Waals surface area contributed by atoms with Gasteiger partial charge >= 0.3 is 6.03 Å². The zero-order valence-corrected chi connectivity index (χ0v) is 12.2. The molecule has 0 atom stereocenters. The first kappa shape index (κ1) is 14.8. The molecule has 7 nitrogen and oxygen atoms in total. The van der Waals surface area contributed by atoms with E-state index in [2.05, 4.69) is 5.32 Å². The third-order valence-electron chi connectivity index (χ3n) is 3.32. The Morgan fingerprint density at radius 3 is 2.00 bits per heavy atom. The molecule has 1 aliphatic heterocycles. The molecular weight excluding hydrogens is 276 g/mol. The maximum absolute atomic E-state index is 12.4. The van der Waals surface area contributed by atoms with Crippen LogP contribution in [0.3, 0.4) is 0 Å². The molecule has 1 fully saturated rings. The molecule has 1 saturated heterocycles. The predicted octanol–water partition coefficient (Wildman–Crippen LogP) is 1.31. The highest BCUT2D eigenvalue weighted by Gasteiger charge is 2.47. The van der Waals surface area contributed by atoms with Gasteiger partial charge in [-0.05, 0) is 13.8 Å². The molecule has 7 heteroatoms. The van der Waals surface area contributed by atoms with Crippen LogP contribution in [0.15, 0.2) is 18.2 Å². The van der Waals surface area contributed by atoms with Gasteiger partial charge in [-0.1, -0.05) is 0 Å². The smallest absolute Gasteiger partial charge is 0.335 e. The number of barbiturate groups is 1. The molecule has 2 rings (SSSR count). The van der Waals surface area contributed by atoms with Crippen molar-refractivity contribution in [2.45, 2.75) is 13.8 Å². The van der Waals surface area contributed by atoms with E-state index in [1.54, 1.807) is 6.07 Å². The minimum atomic E-state index is -1.33.